The monoisotopic (exact) mass is 302 g/mol. The average Bonchev–Trinajstić information content (AvgIpc) is 2.71. The first-order chi connectivity index (χ1) is 9.08. The largest absolute Gasteiger partial charge is 0.462 e. The molecule has 7 heteroatoms. The molecule has 1 N–H and O–H groups in total. The number of thiazole rings is 1. The Morgan fingerprint density at radius 3 is 2.84 bits per heavy atom. The maximum Gasteiger partial charge on any atom is 0.350 e. The fraction of sp³-hybridized carbons (Fsp3) is 0.583. The van der Waals surface area contributed by atoms with Crippen molar-refractivity contribution in [2.45, 2.75) is 26.7 Å². The number of amides is 1. The van der Waals surface area contributed by atoms with Crippen LogP contribution in [0.3, 0.4) is 0 Å². The van der Waals surface area contributed by atoms with E-state index in [1.807, 2.05) is 6.26 Å². The summed E-state index contributed by atoms with van der Waals surface area (Å²) in [6, 6.07) is 0. The number of rotatable bonds is 7. The Labute approximate surface area is 121 Å². The van der Waals surface area contributed by atoms with Crippen molar-refractivity contribution in [2.75, 3.05) is 23.9 Å². The van der Waals surface area contributed by atoms with Crippen molar-refractivity contribution in [3.05, 3.63) is 10.6 Å². The molecule has 5 nitrogen and oxygen atoms in total. The van der Waals surface area contributed by atoms with E-state index in [1.165, 1.54) is 0 Å². The van der Waals surface area contributed by atoms with Crippen LogP contribution < -0.4 is 5.32 Å². The highest BCUT2D eigenvalue weighted by Gasteiger charge is 2.17. The molecular weight excluding hydrogens is 284 g/mol. The molecule has 0 spiro atoms. The van der Waals surface area contributed by atoms with Crippen LogP contribution in [-0.2, 0) is 9.53 Å². The highest BCUT2D eigenvalue weighted by atomic mass is 32.2. The summed E-state index contributed by atoms with van der Waals surface area (Å²) < 4.78 is 4.92. The van der Waals surface area contributed by atoms with Crippen molar-refractivity contribution in [3.8, 4) is 0 Å². The maximum absolute atomic E-state index is 11.6. The zero-order valence-electron chi connectivity index (χ0n) is 11.3. The molecule has 0 bridgehead atoms. The molecule has 0 radical (unpaired) electrons. The van der Waals surface area contributed by atoms with E-state index in [0.29, 0.717) is 28.7 Å². The summed E-state index contributed by atoms with van der Waals surface area (Å²) >= 11 is 2.86. The Kier molecular flexibility index (Phi) is 6.86. The zero-order valence-corrected chi connectivity index (χ0v) is 12.9. The zero-order chi connectivity index (χ0) is 14.3. The highest BCUT2D eigenvalue weighted by molar-refractivity contribution is 7.98. The van der Waals surface area contributed by atoms with Gasteiger partial charge in [-0.25, -0.2) is 9.78 Å². The molecule has 1 amide bonds. The molecule has 0 fully saturated rings. The topological polar surface area (TPSA) is 68.3 Å². The van der Waals surface area contributed by atoms with E-state index in [1.54, 1.807) is 25.6 Å². The second-order valence-electron chi connectivity index (χ2n) is 3.80. The predicted molar refractivity (Wildman–Crippen MR) is 79.1 cm³/mol. The lowest BCUT2D eigenvalue weighted by Crippen LogP contribution is -2.11. The van der Waals surface area contributed by atoms with Gasteiger partial charge < -0.3 is 10.1 Å². The minimum Gasteiger partial charge on any atom is -0.462 e. The summed E-state index contributed by atoms with van der Waals surface area (Å²) in [6.07, 6.45) is 3.31. The van der Waals surface area contributed by atoms with Crippen LogP contribution in [0, 0.1) is 6.92 Å². The number of carbonyl (C=O) groups is 2. The lowest BCUT2D eigenvalue weighted by atomic mass is 10.3. The van der Waals surface area contributed by atoms with Crippen molar-refractivity contribution in [1.82, 2.24) is 4.98 Å². The summed E-state index contributed by atoms with van der Waals surface area (Å²) in [6.45, 7) is 3.81. The fourth-order valence-corrected chi connectivity index (χ4v) is 2.70. The molecule has 0 atom stereocenters. The van der Waals surface area contributed by atoms with E-state index >= 15 is 0 Å². The van der Waals surface area contributed by atoms with E-state index in [9.17, 15) is 9.59 Å². The third-order valence-corrected chi connectivity index (χ3v) is 4.01. The first-order valence-corrected chi connectivity index (χ1v) is 8.22. The molecule has 19 heavy (non-hydrogen) atoms. The number of ether oxygens (including phenoxy) is 1. The van der Waals surface area contributed by atoms with Crippen LogP contribution in [0.15, 0.2) is 0 Å². The molecule has 0 aromatic carbocycles. The highest BCUT2D eigenvalue weighted by Crippen LogP contribution is 2.23. The van der Waals surface area contributed by atoms with Crippen molar-refractivity contribution in [1.29, 1.82) is 0 Å². The number of aromatic nitrogens is 1. The Morgan fingerprint density at radius 2 is 2.21 bits per heavy atom. The van der Waals surface area contributed by atoms with E-state index in [2.05, 4.69) is 10.3 Å². The quantitative estimate of drug-likeness (QED) is 0.619. The number of nitrogens with zero attached hydrogens (tertiary/aromatic N) is 1. The number of hydrogen-bond donors (Lipinski definition) is 1. The molecule has 0 aliphatic rings. The normalized spacial score (nSPS) is 10.3. The number of aryl methyl sites for hydroxylation is 1. The van der Waals surface area contributed by atoms with Crippen LogP contribution in [0.4, 0.5) is 5.13 Å². The SMILES string of the molecule is CCOC(=O)c1sc(NC(=O)CCCSC)nc1C. The Bertz CT molecular complexity index is 446. The van der Waals surface area contributed by atoms with Gasteiger partial charge in [-0.2, -0.15) is 11.8 Å². The molecule has 1 heterocycles. The van der Waals surface area contributed by atoms with Crippen LogP contribution in [-0.4, -0.2) is 35.5 Å². The molecule has 0 saturated carbocycles. The standard InChI is InChI=1S/C12H18N2O3S2/c1-4-17-11(16)10-8(2)13-12(19-10)14-9(15)6-5-7-18-3/h4-7H2,1-3H3,(H,13,14,15). The van der Waals surface area contributed by atoms with E-state index < -0.39 is 0 Å². The number of hydrogen-bond acceptors (Lipinski definition) is 6. The molecule has 0 unspecified atom stereocenters. The van der Waals surface area contributed by atoms with Gasteiger partial charge in [-0.3, -0.25) is 4.79 Å². The molecule has 0 saturated heterocycles. The van der Waals surface area contributed by atoms with Gasteiger partial charge in [-0.15, -0.1) is 0 Å². The Hall–Kier alpha value is -1.08. The Balaban J connectivity index is 2.58. The van der Waals surface area contributed by atoms with Crippen molar-refractivity contribution >= 4 is 40.1 Å². The van der Waals surface area contributed by atoms with Gasteiger partial charge in [0, 0.05) is 6.42 Å². The number of thioether (sulfide) groups is 1. The maximum atomic E-state index is 11.6. The van der Waals surface area contributed by atoms with Crippen LogP contribution >= 0.6 is 23.1 Å². The predicted octanol–water partition coefficient (Wildman–Crippen LogP) is 2.71. The summed E-state index contributed by atoms with van der Waals surface area (Å²) in [4.78, 5) is 27.9. The first-order valence-electron chi connectivity index (χ1n) is 6.01. The minimum atomic E-state index is -0.389. The molecule has 0 aliphatic carbocycles. The smallest absolute Gasteiger partial charge is 0.350 e. The van der Waals surface area contributed by atoms with Crippen molar-refractivity contribution < 1.29 is 14.3 Å². The summed E-state index contributed by atoms with van der Waals surface area (Å²) in [5.41, 5.74) is 0.586. The molecular formula is C12H18N2O3S2. The van der Waals surface area contributed by atoms with Gasteiger partial charge in [-0.1, -0.05) is 11.3 Å². The average molecular weight is 302 g/mol. The summed E-state index contributed by atoms with van der Waals surface area (Å²) in [5, 5.41) is 3.16. The lowest BCUT2D eigenvalue weighted by molar-refractivity contribution is -0.116. The number of nitrogens with one attached hydrogen (secondary N) is 1. The van der Waals surface area contributed by atoms with E-state index in [0.717, 1.165) is 23.5 Å². The van der Waals surface area contributed by atoms with E-state index in [4.69, 9.17) is 4.74 Å². The second-order valence-corrected chi connectivity index (χ2v) is 5.78. The third kappa shape index (κ3) is 5.20. The summed E-state index contributed by atoms with van der Waals surface area (Å²) in [7, 11) is 0. The fourth-order valence-electron chi connectivity index (χ4n) is 1.39. The van der Waals surface area contributed by atoms with Crippen molar-refractivity contribution in [3.63, 3.8) is 0 Å². The van der Waals surface area contributed by atoms with E-state index in [-0.39, 0.29) is 11.9 Å². The van der Waals surface area contributed by atoms with Gasteiger partial charge in [0.15, 0.2) is 5.13 Å². The number of carbonyl (C=O) groups excluding carboxylic acids is 2. The Morgan fingerprint density at radius 1 is 1.47 bits per heavy atom. The number of esters is 1. The summed E-state index contributed by atoms with van der Waals surface area (Å²) in [5.74, 6) is 0.497. The van der Waals surface area contributed by atoms with Crippen LogP contribution in [0.5, 0.6) is 0 Å². The third-order valence-electron chi connectivity index (χ3n) is 2.26. The van der Waals surface area contributed by atoms with Gasteiger partial charge in [0.2, 0.25) is 5.91 Å². The second kappa shape index (κ2) is 8.16. The number of anilines is 1. The van der Waals surface area contributed by atoms with Gasteiger partial charge in [-0.05, 0) is 32.3 Å². The van der Waals surface area contributed by atoms with Gasteiger partial charge in [0.25, 0.3) is 0 Å². The minimum absolute atomic E-state index is 0.0711. The van der Waals surface area contributed by atoms with Gasteiger partial charge >= 0.3 is 5.97 Å². The van der Waals surface area contributed by atoms with Crippen molar-refractivity contribution in [2.24, 2.45) is 0 Å². The molecule has 0 aliphatic heterocycles. The lowest BCUT2D eigenvalue weighted by Gasteiger charge is -2.00. The first kappa shape index (κ1) is 16.0. The molecule has 1 rings (SSSR count). The molecule has 1 aromatic rings. The van der Waals surface area contributed by atoms with Gasteiger partial charge in [0.05, 0.1) is 12.3 Å². The molecule has 106 valence electrons. The van der Waals surface area contributed by atoms with Crippen LogP contribution in [0.2, 0.25) is 0 Å². The van der Waals surface area contributed by atoms with Crippen LogP contribution in [0.1, 0.15) is 35.1 Å². The molecule has 1 aromatic heterocycles. The van der Waals surface area contributed by atoms with Gasteiger partial charge in [0.1, 0.15) is 4.88 Å². The van der Waals surface area contributed by atoms with Crippen LogP contribution in [0.25, 0.3) is 0 Å².